The van der Waals surface area contributed by atoms with Gasteiger partial charge in [-0.2, -0.15) is 0 Å². The molecule has 0 unspecified atom stereocenters. The van der Waals surface area contributed by atoms with Crippen molar-refractivity contribution >= 4 is 5.97 Å². The number of unbranched alkanes of at least 4 members (excludes halogenated alkanes) is 6. The Morgan fingerprint density at radius 1 is 0.941 bits per heavy atom. The minimum atomic E-state index is -0.0540. The van der Waals surface area contributed by atoms with Crippen molar-refractivity contribution in [3.05, 3.63) is 12.2 Å². The van der Waals surface area contributed by atoms with E-state index in [2.05, 4.69) is 19.9 Å². The van der Waals surface area contributed by atoms with Gasteiger partial charge in [-0.3, -0.25) is 4.79 Å². The number of rotatable bonds is 11. The van der Waals surface area contributed by atoms with E-state index in [0.29, 0.717) is 13.0 Å². The molecule has 0 aliphatic heterocycles. The molecular weight excluding hydrogens is 212 g/mol. The lowest BCUT2D eigenvalue weighted by Crippen LogP contribution is -2.03. The minimum Gasteiger partial charge on any atom is -0.461 e. The number of carbonyl (C=O) groups excluding carboxylic acids is 1. The summed E-state index contributed by atoms with van der Waals surface area (Å²) in [7, 11) is 0. The summed E-state index contributed by atoms with van der Waals surface area (Å²) in [5.74, 6) is -0.0540. The average molecular weight is 240 g/mol. The van der Waals surface area contributed by atoms with Crippen LogP contribution in [0, 0.1) is 0 Å². The molecule has 0 aromatic heterocycles. The molecule has 0 saturated heterocycles. The molecule has 0 saturated carbocycles. The Morgan fingerprint density at radius 3 is 2.35 bits per heavy atom. The first-order valence-corrected chi connectivity index (χ1v) is 7.11. The van der Waals surface area contributed by atoms with Gasteiger partial charge in [0.15, 0.2) is 0 Å². The monoisotopic (exact) mass is 240 g/mol. The van der Waals surface area contributed by atoms with Crippen LogP contribution in [-0.2, 0) is 9.53 Å². The van der Waals surface area contributed by atoms with Gasteiger partial charge in [-0.15, -0.1) is 0 Å². The molecule has 100 valence electrons. The van der Waals surface area contributed by atoms with Crippen molar-refractivity contribution in [1.29, 1.82) is 0 Å². The number of ether oxygens (including phenoxy) is 1. The van der Waals surface area contributed by atoms with E-state index in [-0.39, 0.29) is 5.97 Å². The van der Waals surface area contributed by atoms with Crippen LogP contribution in [0.2, 0.25) is 0 Å². The third kappa shape index (κ3) is 13.1. The molecule has 0 aliphatic rings. The fourth-order valence-corrected chi connectivity index (χ4v) is 1.62. The highest BCUT2D eigenvalue weighted by molar-refractivity contribution is 5.69. The number of hydrogen-bond acceptors (Lipinski definition) is 2. The summed E-state index contributed by atoms with van der Waals surface area (Å²) in [6, 6.07) is 0. The Kier molecular flexibility index (Phi) is 12.7. The van der Waals surface area contributed by atoms with Crippen LogP contribution in [0.5, 0.6) is 0 Å². The Balaban J connectivity index is 3.23. The topological polar surface area (TPSA) is 26.3 Å². The van der Waals surface area contributed by atoms with Gasteiger partial charge < -0.3 is 4.74 Å². The lowest BCUT2D eigenvalue weighted by Gasteiger charge is -2.02. The normalized spacial score (nSPS) is 10.9. The second-order valence-electron chi connectivity index (χ2n) is 4.46. The molecule has 0 amide bonds. The van der Waals surface area contributed by atoms with Gasteiger partial charge in [0, 0.05) is 6.42 Å². The molecule has 0 N–H and O–H groups in total. The second kappa shape index (κ2) is 13.3. The van der Waals surface area contributed by atoms with Gasteiger partial charge in [0.25, 0.3) is 0 Å². The van der Waals surface area contributed by atoms with E-state index in [9.17, 15) is 4.79 Å². The van der Waals surface area contributed by atoms with Gasteiger partial charge in [-0.25, -0.2) is 0 Å². The van der Waals surface area contributed by atoms with Crippen molar-refractivity contribution in [1.82, 2.24) is 0 Å². The summed E-state index contributed by atoms with van der Waals surface area (Å²) in [6.45, 7) is 4.78. The van der Waals surface area contributed by atoms with Crippen molar-refractivity contribution in [2.45, 2.75) is 71.6 Å². The maximum atomic E-state index is 11.3. The smallest absolute Gasteiger partial charge is 0.306 e. The van der Waals surface area contributed by atoms with E-state index in [1.54, 1.807) is 0 Å². The molecule has 2 nitrogen and oxygen atoms in total. The molecule has 0 aromatic rings. The lowest BCUT2D eigenvalue weighted by atomic mass is 10.1. The lowest BCUT2D eigenvalue weighted by molar-refractivity contribution is -0.142. The number of carbonyl (C=O) groups is 1. The Bertz CT molecular complexity index is 197. The zero-order valence-corrected chi connectivity index (χ0v) is 11.5. The maximum Gasteiger partial charge on any atom is 0.306 e. The summed E-state index contributed by atoms with van der Waals surface area (Å²) >= 11 is 0. The van der Waals surface area contributed by atoms with Gasteiger partial charge in [-0.1, -0.05) is 64.5 Å². The molecule has 0 rings (SSSR count). The SMILES string of the molecule is CCC/C=C/COC(=O)CCCCCCCC. The van der Waals surface area contributed by atoms with Gasteiger partial charge in [-0.05, 0) is 12.8 Å². The van der Waals surface area contributed by atoms with Crippen molar-refractivity contribution in [2.75, 3.05) is 6.61 Å². The van der Waals surface area contributed by atoms with E-state index in [1.165, 1.54) is 25.7 Å². The summed E-state index contributed by atoms with van der Waals surface area (Å²) < 4.78 is 5.09. The molecular formula is C15H28O2. The van der Waals surface area contributed by atoms with Gasteiger partial charge in [0.05, 0.1) is 0 Å². The van der Waals surface area contributed by atoms with Crippen LogP contribution >= 0.6 is 0 Å². The van der Waals surface area contributed by atoms with Gasteiger partial charge in [0.1, 0.15) is 6.61 Å². The van der Waals surface area contributed by atoms with Crippen LogP contribution in [0.25, 0.3) is 0 Å². The predicted octanol–water partition coefficient (Wildman–Crippen LogP) is 4.64. The van der Waals surface area contributed by atoms with Crippen LogP contribution in [0.3, 0.4) is 0 Å². The first-order valence-electron chi connectivity index (χ1n) is 7.11. The molecule has 0 heterocycles. The zero-order chi connectivity index (χ0) is 12.8. The number of allylic oxidation sites excluding steroid dienone is 1. The molecule has 0 bridgehead atoms. The van der Waals surface area contributed by atoms with Crippen molar-refractivity contribution in [2.24, 2.45) is 0 Å². The molecule has 0 aliphatic carbocycles. The predicted molar refractivity (Wildman–Crippen MR) is 73.0 cm³/mol. The van der Waals surface area contributed by atoms with Crippen LogP contribution in [0.15, 0.2) is 12.2 Å². The third-order valence-electron chi connectivity index (χ3n) is 2.70. The Morgan fingerprint density at radius 2 is 1.65 bits per heavy atom. The highest BCUT2D eigenvalue weighted by atomic mass is 16.5. The fourth-order valence-electron chi connectivity index (χ4n) is 1.62. The van der Waals surface area contributed by atoms with Crippen LogP contribution in [0.1, 0.15) is 71.6 Å². The summed E-state index contributed by atoms with van der Waals surface area (Å²) in [5.41, 5.74) is 0. The standard InChI is InChI=1S/C15H28O2/c1-3-5-7-9-10-11-13-15(16)17-14-12-8-6-4-2/h8,12H,3-7,9-11,13-14H2,1-2H3/b12-8+. The molecule has 0 aromatic carbocycles. The van der Waals surface area contributed by atoms with Crippen LogP contribution in [0.4, 0.5) is 0 Å². The summed E-state index contributed by atoms with van der Waals surface area (Å²) in [4.78, 5) is 11.3. The quantitative estimate of drug-likeness (QED) is 0.299. The average Bonchev–Trinajstić information content (AvgIpc) is 2.33. The van der Waals surface area contributed by atoms with Crippen LogP contribution < -0.4 is 0 Å². The fraction of sp³-hybridized carbons (Fsp3) is 0.800. The van der Waals surface area contributed by atoms with Gasteiger partial charge >= 0.3 is 5.97 Å². The molecule has 17 heavy (non-hydrogen) atoms. The zero-order valence-electron chi connectivity index (χ0n) is 11.5. The van der Waals surface area contributed by atoms with E-state index >= 15 is 0 Å². The molecule has 0 spiro atoms. The first kappa shape index (κ1) is 16.2. The second-order valence-corrected chi connectivity index (χ2v) is 4.46. The molecule has 0 radical (unpaired) electrons. The first-order chi connectivity index (χ1) is 8.31. The largest absolute Gasteiger partial charge is 0.461 e. The van der Waals surface area contributed by atoms with Crippen LogP contribution in [-0.4, -0.2) is 12.6 Å². The number of hydrogen-bond donors (Lipinski definition) is 0. The third-order valence-corrected chi connectivity index (χ3v) is 2.70. The van der Waals surface area contributed by atoms with Crippen molar-refractivity contribution in [3.63, 3.8) is 0 Å². The molecule has 2 heteroatoms. The van der Waals surface area contributed by atoms with Crippen molar-refractivity contribution < 1.29 is 9.53 Å². The highest BCUT2D eigenvalue weighted by Gasteiger charge is 2.00. The van der Waals surface area contributed by atoms with Crippen molar-refractivity contribution in [3.8, 4) is 0 Å². The number of esters is 1. The molecule has 0 fully saturated rings. The maximum absolute atomic E-state index is 11.3. The van der Waals surface area contributed by atoms with E-state index < -0.39 is 0 Å². The Hall–Kier alpha value is -0.790. The van der Waals surface area contributed by atoms with E-state index in [1.807, 2.05) is 6.08 Å². The highest BCUT2D eigenvalue weighted by Crippen LogP contribution is 2.07. The molecule has 0 atom stereocenters. The Labute approximate surface area is 106 Å². The summed E-state index contributed by atoms with van der Waals surface area (Å²) in [6.07, 6.45) is 14.0. The van der Waals surface area contributed by atoms with E-state index in [4.69, 9.17) is 4.74 Å². The summed E-state index contributed by atoms with van der Waals surface area (Å²) in [5, 5.41) is 0. The van der Waals surface area contributed by atoms with E-state index in [0.717, 1.165) is 25.7 Å². The minimum absolute atomic E-state index is 0.0540. The van der Waals surface area contributed by atoms with Gasteiger partial charge in [0.2, 0.25) is 0 Å².